The molecule has 0 aliphatic carbocycles. The molecule has 0 fully saturated rings. The van der Waals surface area contributed by atoms with Crippen LogP contribution in [-0.4, -0.2) is 6.54 Å². The minimum absolute atomic E-state index is 0.254. The van der Waals surface area contributed by atoms with Gasteiger partial charge in [-0.3, -0.25) is 0 Å². The number of rotatable bonds is 5. The van der Waals surface area contributed by atoms with Crippen molar-refractivity contribution in [1.82, 2.24) is 5.32 Å². The van der Waals surface area contributed by atoms with E-state index in [-0.39, 0.29) is 6.04 Å². The molecular formula is C19H24BrN. The van der Waals surface area contributed by atoms with Crippen LogP contribution < -0.4 is 5.32 Å². The average Bonchev–Trinajstić information content (AvgIpc) is 2.46. The van der Waals surface area contributed by atoms with Gasteiger partial charge < -0.3 is 5.32 Å². The van der Waals surface area contributed by atoms with Crippen LogP contribution in [0.4, 0.5) is 0 Å². The van der Waals surface area contributed by atoms with E-state index in [4.69, 9.17) is 0 Å². The van der Waals surface area contributed by atoms with Crippen molar-refractivity contribution in [2.24, 2.45) is 0 Å². The molecule has 2 heteroatoms. The molecular weight excluding hydrogens is 322 g/mol. The first kappa shape index (κ1) is 16.3. The van der Waals surface area contributed by atoms with Crippen LogP contribution in [0.3, 0.4) is 0 Å². The molecule has 2 aromatic carbocycles. The number of hydrogen-bond donors (Lipinski definition) is 1. The first-order valence-corrected chi connectivity index (χ1v) is 8.41. The van der Waals surface area contributed by atoms with Crippen molar-refractivity contribution in [2.45, 2.75) is 39.7 Å². The second-order valence-electron chi connectivity index (χ2n) is 5.81. The molecule has 21 heavy (non-hydrogen) atoms. The quantitative estimate of drug-likeness (QED) is 0.745. The van der Waals surface area contributed by atoms with Crippen LogP contribution in [0.5, 0.6) is 0 Å². The fraction of sp³-hybridized carbons (Fsp3) is 0.368. The van der Waals surface area contributed by atoms with Crippen molar-refractivity contribution in [2.75, 3.05) is 6.54 Å². The van der Waals surface area contributed by atoms with Crippen LogP contribution in [0.25, 0.3) is 0 Å². The van der Waals surface area contributed by atoms with Gasteiger partial charge in [0.1, 0.15) is 0 Å². The Kier molecular flexibility index (Phi) is 5.60. The molecule has 0 saturated carbocycles. The van der Waals surface area contributed by atoms with Gasteiger partial charge >= 0.3 is 0 Å². The van der Waals surface area contributed by atoms with Crippen LogP contribution in [0.2, 0.25) is 0 Å². The SMILES string of the molecule is CCNC(c1ccc(C(C)C)cc1)c1ccc(Br)cc1C. The van der Waals surface area contributed by atoms with E-state index >= 15 is 0 Å². The molecule has 2 rings (SSSR count). The zero-order valence-electron chi connectivity index (χ0n) is 13.3. The van der Waals surface area contributed by atoms with E-state index in [1.807, 2.05) is 0 Å². The molecule has 0 spiro atoms. The molecule has 0 radical (unpaired) electrons. The van der Waals surface area contributed by atoms with E-state index < -0.39 is 0 Å². The van der Waals surface area contributed by atoms with Gasteiger partial charge in [-0.25, -0.2) is 0 Å². The van der Waals surface area contributed by atoms with Crippen LogP contribution in [0.15, 0.2) is 46.9 Å². The summed E-state index contributed by atoms with van der Waals surface area (Å²) >= 11 is 3.55. The molecule has 0 aliphatic heterocycles. The van der Waals surface area contributed by atoms with E-state index in [0.717, 1.165) is 11.0 Å². The predicted molar refractivity (Wildman–Crippen MR) is 94.9 cm³/mol. The maximum Gasteiger partial charge on any atom is 0.0579 e. The van der Waals surface area contributed by atoms with Crippen molar-refractivity contribution in [1.29, 1.82) is 0 Å². The minimum Gasteiger partial charge on any atom is -0.307 e. The Labute approximate surface area is 136 Å². The van der Waals surface area contributed by atoms with E-state index in [9.17, 15) is 0 Å². The molecule has 0 aliphatic rings. The summed E-state index contributed by atoms with van der Waals surface area (Å²) in [6.07, 6.45) is 0. The summed E-state index contributed by atoms with van der Waals surface area (Å²) in [7, 11) is 0. The molecule has 1 atom stereocenters. The highest BCUT2D eigenvalue weighted by molar-refractivity contribution is 9.10. The molecule has 112 valence electrons. The number of nitrogens with one attached hydrogen (secondary N) is 1. The lowest BCUT2D eigenvalue weighted by molar-refractivity contribution is 0.627. The maximum absolute atomic E-state index is 3.61. The average molecular weight is 346 g/mol. The first-order chi connectivity index (χ1) is 10.0. The van der Waals surface area contributed by atoms with Gasteiger partial charge in [-0.15, -0.1) is 0 Å². The van der Waals surface area contributed by atoms with Crippen LogP contribution >= 0.6 is 15.9 Å². The normalized spacial score (nSPS) is 12.7. The van der Waals surface area contributed by atoms with Crippen molar-refractivity contribution >= 4 is 15.9 Å². The molecule has 0 amide bonds. The van der Waals surface area contributed by atoms with Gasteiger partial charge in [0.05, 0.1) is 6.04 Å². The van der Waals surface area contributed by atoms with Crippen molar-refractivity contribution in [3.05, 3.63) is 69.2 Å². The second-order valence-corrected chi connectivity index (χ2v) is 6.73. The lowest BCUT2D eigenvalue weighted by Crippen LogP contribution is -2.22. The van der Waals surface area contributed by atoms with Crippen molar-refractivity contribution in [3.8, 4) is 0 Å². The topological polar surface area (TPSA) is 12.0 Å². The fourth-order valence-corrected chi connectivity index (χ4v) is 3.12. The minimum atomic E-state index is 0.254. The molecule has 1 nitrogen and oxygen atoms in total. The van der Waals surface area contributed by atoms with Gasteiger partial charge in [0.25, 0.3) is 0 Å². The summed E-state index contributed by atoms with van der Waals surface area (Å²) in [4.78, 5) is 0. The molecule has 1 unspecified atom stereocenters. The van der Waals surface area contributed by atoms with Gasteiger partial charge in [0.15, 0.2) is 0 Å². The molecule has 0 saturated heterocycles. The summed E-state index contributed by atoms with van der Waals surface area (Å²) in [6, 6.07) is 15.8. The first-order valence-electron chi connectivity index (χ1n) is 7.62. The summed E-state index contributed by atoms with van der Waals surface area (Å²) in [5, 5.41) is 3.61. The highest BCUT2D eigenvalue weighted by Crippen LogP contribution is 2.28. The summed E-state index contributed by atoms with van der Waals surface area (Å²) in [5.41, 5.74) is 5.37. The third-order valence-electron chi connectivity index (χ3n) is 3.89. The summed E-state index contributed by atoms with van der Waals surface area (Å²) in [6.45, 7) is 9.74. The van der Waals surface area contributed by atoms with Gasteiger partial charge in [0, 0.05) is 4.47 Å². The van der Waals surface area contributed by atoms with Crippen LogP contribution in [-0.2, 0) is 0 Å². The molecule has 0 heterocycles. The van der Waals surface area contributed by atoms with Crippen LogP contribution in [0, 0.1) is 6.92 Å². The lowest BCUT2D eigenvalue weighted by Gasteiger charge is -2.22. The molecule has 1 N–H and O–H groups in total. The van der Waals surface area contributed by atoms with Crippen LogP contribution in [0.1, 0.15) is 55.0 Å². The maximum atomic E-state index is 3.61. The predicted octanol–water partition coefficient (Wildman–Crippen LogP) is 5.58. The Morgan fingerprint density at radius 1 is 1.00 bits per heavy atom. The number of halogens is 1. The number of hydrogen-bond acceptors (Lipinski definition) is 1. The van der Waals surface area contributed by atoms with Gasteiger partial charge in [-0.1, -0.05) is 67.0 Å². The summed E-state index contributed by atoms with van der Waals surface area (Å²) < 4.78 is 1.13. The Hall–Kier alpha value is -1.12. The van der Waals surface area contributed by atoms with Gasteiger partial charge in [-0.05, 0) is 53.8 Å². The van der Waals surface area contributed by atoms with Gasteiger partial charge in [0.2, 0.25) is 0 Å². The monoisotopic (exact) mass is 345 g/mol. The van der Waals surface area contributed by atoms with Crippen molar-refractivity contribution < 1.29 is 0 Å². The zero-order chi connectivity index (χ0) is 15.4. The zero-order valence-corrected chi connectivity index (χ0v) is 14.9. The Bertz CT molecular complexity index is 587. The number of aryl methyl sites for hydroxylation is 1. The standard InChI is InChI=1S/C19H24BrN/c1-5-21-19(18-11-10-17(20)12-14(18)4)16-8-6-15(7-9-16)13(2)3/h6-13,19,21H,5H2,1-4H3. The third kappa shape index (κ3) is 3.96. The lowest BCUT2D eigenvalue weighted by atomic mass is 9.93. The molecule has 0 aromatic heterocycles. The van der Waals surface area contributed by atoms with Crippen molar-refractivity contribution in [3.63, 3.8) is 0 Å². The van der Waals surface area contributed by atoms with E-state index in [2.05, 4.69) is 91.4 Å². The van der Waals surface area contributed by atoms with E-state index in [1.54, 1.807) is 0 Å². The molecule has 0 bridgehead atoms. The Morgan fingerprint density at radius 2 is 1.62 bits per heavy atom. The summed E-state index contributed by atoms with van der Waals surface area (Å²) in [5.74, 6) is 0.575. The molecule has 2 aromatic rings. The van der Waals surface area contributed by atoms with E-state index in [1.165, 1.54) is 22.3 Å². The Morgan fingerprint density at radius 3 is 2.14 bits per heavy atom. The largest absolute Gasteiger partial charge is 0.307 e. The van der Waals surface area contributed by atoms with E-state index in [0.29, 0.717) is 5.92 Å². The highest BCUT2D eigenvalue weighted by atomic mass is 79.9. The number of benzene rings is 2. The smallest absolute Gasteiger partial charge is 0.0579 e. The second kappa shape index (κ2) is 7.24. The highest BCUT2D eigenvalue weighted by Gasteiger charge is 2.15. The third-order valence-corrected chi connectivity index (χ3v) is 4.38. The fourth-order valence-electron chi connectivity index (χ4n) is 2.65. The van der Waals surface area contributed by atoms with Gasteiger partial charge in [-0.2, -0.15) is 0 Å². The Balaban J connectivity index is 2.38.